The van der Waals surface area contributed by atoms with Crippen molar-refractivity contribution < 1.29 is 14.2 Å². The van der Waals surface area contributed by atoms with Crippen LogP contribution in [0.2, 0.25) is 0 Å². The summed E-state index contributed by atoms with van der Waals surface area (Å²) in [6, 6.07) is 5.89. The lowest BCUT2D eigenvalue weighted by Gasteiger charge is -2.21. The summed E-state index contributed by atoms with van der Waals surface area (Å²) in [5.41, 5.74) is 3.10. The maximum Gasteiger partial charge on any atom is 0.295 e. The van der Waals surface area contributed by atoms with E-state index in [2.05, 4.69) is 10.5 Å². The van der Waals surface area contributed by atoms with Gasteiger partial charge in [0.25, 0.3) is 11.6 Å². The van der Waals surface area contributed by atoms with E-state index in [4.69, 9.17) is 0 Å². The minimum absolute atomic E-state index is 0.0196. The second-order valence-corrected chi connectivity index (χ2v) is 5.09. The van der Waals surface area contributed by atoms with Gasteiger partial charge in [-0.3, -0.25) is 14.9 Å². The zero-order valence-electron chi connectivity index (χ0n) is 11.2. The van der Waals surface area contributed by atoms with Crippen LogP contribution in [-0.2, 0) is 4.79 Å². The number of quaternary nitrogens is 1. The molecule has 1 aromatic carbocycles. The highest BCUT2D eigenvalue weighted by Gasteiger charge is 2.13. The van der Waals surface area contributed by atoms with E-state index < -0.39 is 4.92 Å². The molecule has 1 rings (SSSR count). The second kappa shape index (κ2) is 6.05. The first-order valence-electron chi connectivity index (χ1n) is 5.65. The van der Waals surface area contributed by atoms with Crippen molar-refractivity contribution in [3.05, 3.63) is 39.9 Å². The highest BCUT2D eigenvalue weighted by atomic mass is 16.6. The molecule has 7 heteroatoms. The van der Waals surface area contributed by atoms with Crippen LogP contribution < -0.4 is 5.43 Å². The van der Waals surface area contributed by atoms with E-state index in [-0.39, 0.29) is 11.6 Å². The number of rotatable bonds is 5. The van der Waals surface area contributed by atoms with Crippen molar-refractivity contribution in [3.63, 3.8) is 0 Å². The van der Waals surface area contributed by atoms with Crippen LogP contribution in [0.15, 0.2) is 29.4 Å². The average molecular weight is 265 g/mol. The molecule has 0 aliphatic heterocycles. The van der Waals surface area contributed by atoms with Gasteiger partial charge in [0.2, 0.25) is 0 Å². The van der Waals surface area contributed by atoms with Crippen molar-refractivity contribution in [1.29, 1.82) is 0 Å². The number of nitro benzene ring substituents is 1. The van der Waals surface area contributed by atoms with Gasteiger partial charge in [0.1, 0.15) is 0 Å². The summed E-state index contributed by atoms with van der Waals surface area (Å²) in [6.07, 6.45) is 1.44. The summed E-state index contributed by atoms with van der Waals surface area (Å²) in [7, 11) is 5.71. The first kappa shape index (κ1) is 14.8. The zero-order chi connectivity index (χ0) is 14.5. The van der Waals surface area contributed by atoms with Crippen molar-refractivity contribution in [3.8, 4) is 0 Å². The molecule has 0 radical (unpaired) electrons. The van der Waals surface area contributed by atoms with E-state index in [0.717, 1.165) is 0 Å². The molecule has 102 valence electrons. The van der Waals surface area contributed by atoms with Gasteiger partial charge < -0.3 is 4.48 Å². The molecule has 0 bridgehead atoms. The summed E-state index contributed by atoms with van der Waals surface area (Å²) in [5.74, 6) is -0.189. The van der Waals surface area contributed by atoms with Crippen molar-refractivity contribution in [2.45, 2.75) is 0 Å². The largest absolute Gasteiger partial charge is 0.323 e. The molecule has 19 heavy (non-hydrogen) atoms. The van der Waals surface area contributed by atoms with Gasteiger partial charge >= 0.3 is 0 Å². The molecule has 0 fully saturated rings. The van der Waals surface area contributed by atoms with E-state index in [9.17, 15) is 14.9 Å². The third-order valence-corrected chi connectivity index (χ3v) is 2.12. The van der Waals surface area contributed by atoms with Crippen molar-refractivity contribution in [1.82, 2.24) is 5.43 Å². The summed E-state index contributed by atoms with van der Waals surface area (Å²) >= 11 is 0. The van der Waals surface area contributed by atoms with Crippen LogP contribution in [0, 0.1) is 10.1 Å². The van der Waals surface area contributed by atoms with Gasteiger partial charge in [-0.05, 0) is 17.7 Å². The van der Waals surface area contributed by atoms with E-state index in [1.807, 2.05) is 21.1 Å². The molecule has 0 aliphatic carbocycles. The lowest BCUT2D eigenvalue weighted by Crippen LogP contribution is -2.43. The maximum atomic E-state index is 11.5. The fourth-order valence-corrected chi connectivity index (χ4v) is 1.33. The van der Waals surface area contributed by atoms with Crippen LogP contribution in [0.3, 0.4) is 0 Å². The number of hydrogen-bond acceptors (Lipinski definition) is 4. The average Bonchev–Trinajstić information content (AvgIpc) is 2.27. The predicted octanol–water partition coefficient (Wildman–Crippen LogP) is 0.751. The Kier molecular flexibility index (Phi) is 4.71. The van der Waals surface area contributed by atoms with Crippen LogP contribution in [-0.4, -0.2) is 49.2 Å². The van der Waals surface area contributed by atoms with Crippen LogP contribution >= 0.6 is 0 Å². The summed E-state index contributed by atoms with van der Waals surface area (Å²) in [6.45, 7) is 0.317. The number of benzene rings is 1. The number of carbonyl (C=O) groups is 1. The van der Waals surface area contributed by atoms with Crippen LogP contribution in [0.1, 0.15) is 5.56 Å². The molecular formula is C12H17N4O3+. The fraction of sp³-hybridized carbons (Fsp3) is 0.333. The number of hydrazone groups is 1. The zero-order valence-corrected chi connectivity index (χ0v) is 11.2. The minimum Gasteiger partial charge on any atom is -0.323 e. The highest BCUT2D eigenvalue weighted by Crippen LogP contribution is 2.10. The Morgan fingerprint density at radius 1 is 1.37 bits per heavy atom. The topological polar surface area (TPSA) is 84.6 Å². The lowest BCUT2D eigenvalue weighted by molar-refractivity contribution is -0.862. The van der Waals surface area contributed by atoms with E-state index in [1.54, 1.807) is 12.1 Å². The van der Waals surface area contributed by atoms with E-state index >= 15 is 0 Å². The molecule has 0 unspecified atom stereocenters. The van der Waals surface area contributed by atoms with E-state index in [1.165, 1.54) is 18.3 Å². The smallest absolute Gasteiger partial charge is 0.295 e. The van der Waals surface area contributed by atoms with Gasteiger partial charge in [0, 0.05) is 12.1 Å². The summed E-state index contributed by atoms with van der Waals surface area (Å²) in [4.78, 5) is 21.5. The monoisotopic (exact) mass is 265 g/mol. The summed E-state index contributed by atoms with van der Waals surface area (Å²) in [5, 5.41) is 14.3. The molecule has 7 nitrogen and oxygen atoms in total. The number of nitrogens with one attached hydrogen (secondary N) is 1. The summed E-state index contributed by atoms with van der Waals surface area (Å²) < 4.78 is 0.513. The van der Waals surface area contributed by atoms with E-state index in [0.29, 0.717) is 16.6 Å². The maximum absolute atomic E-state index is 11.5. The van der Waals surface area contributed by atoms with Crippen LogP contribution in [0.25, 0.3) is 0 Å². The normalized spacial score (nSPS) is 11.5. The minimum atomic E-state index is -0.468. The molecule has 0 heterocycles. The first-order valence-corrected chi connectivity index (χ1v) is 5.65. The van der Waals surface area contributed by atoms with Gasteiger partial charge in [-0.25, -0.2) is 5.43 Å². The highest BCUT2D eigenvalue weighted by molar-refractivity contribution is 5.82. The van der Waals surface area contributed by atoms with Crippen molar-refractivity contribution in [2.75, 3.05) is 27.7 Å². The Morgan fingerprint density at radius 3 is 2.42 bits per heavy atom. The molecule has 0 aliphatic rings. The van der Waals surface area contributed by atoms with Gasteiger partial charge in [-0.1, -0.05) is 0 Å². The Balaban J connectivity index is 2.53. The molecule has 0 saturated carbocycles. The van der Waals surface area contributed by atoms with Crippen LogP contribution in [0.5, 0.6) is 0 Å². The Hall–Kier alpha value is -2.28. The standard InChI is InChI=1S/C12H16N4O3/c1-16(2,3)9-12(17)14-13-8-10-4-6-11(7-5-10)15(18)19/h4-8H,9H2,1-3H3/p+1. The molecule has 0 spiro atoms. The number of nitrogens with zero attached hydrogens (tertiary/aromatic N) is 3. The Morgan fingerprint density at radius 2 is 1.95 bits per heavy atom. The number of amides is 1. The second-order valence-electron chi connectivity index (χ2n) is 5.09. The molecule has 0 atom stereocenters. The number of nitro groups is 1. The van der Waals surface area contributed by atoms with Crippen LogP contribution in [0.4, 0.5) is 5.69 Å². The number of likely N-dealkylation sites (N-methyl/N-ethyl adjacent to an activating group) is 1. The molecule has 1 amide bonds. The molecular weight excluding hydrogens is 248 g/mol. The molecule has 0 saturated heterocycles. The molecule has 1 N–H and O–H groups in total. The first-order chi connectivity index (χ1) is 8.78. The van der Waals surface area contributed by atoms with Gasteiger partial charge in [0.05, 0.1) is 32.3 Å². The lowest BCUT2D eigenvalue weighted by atomic mass is 10.2. The third-order valence-electron chi connectivity index (χ3n) is 2.12. The van der Waals surface area contributed by atoms with Crippen molar-refractivity contribution >= 4 is 17.8 Å². The molecule has 1 aromatic rings. The quantitative estimate of drug-likeness (QED) is 0.369. The predicted molar refractivity (Wildman–Crippen MR) is 71.7 cm³/mol. The van der Waals surface area contributed by atoms with Gasteiger partial charge in [-0.15, -0.1) is 0 Å². The fourth-order valence-electron chi connectivity index (χ4n) is 1.33. The van der Waals surface area contributed by atoms with Crippen molar-refractivity contribution in [2.24, 2.45) is 5.10 Å². The van der Waals surface area contributed by atoms with Gasteiger partial charge in [-0.2, -0.15) is 5.10 Å². The van der Waals surface area contributed by atoms with Gasteiger partial charge in [0.15, 0.2) is 6.54 Å². The Bertz CT molecular complexity index is 489. The number of non-ortho nitro benzene ring substituents is 1. The third kappa shape index (κ3) is 5.73. The SMILES string of the molecule is C[N+](C)(C)CC(=O)NN=Cc1ccc([N+](=O)[O-])cc1. The number of carbonyl (C=O) groups excluding carboxylic acids is 1. The Labute approximate surface area is 111 Å². The number of hydrogen-bond donors (Lipinski definition) is 1. The molecule has 0 aromatic heterocycles.